The first-order valence-electron chi connectivity index (χ1n) is 8.37. The lowest BCUT2D eigenvalue weighted by Crippen LogP contribution is -2.49. The largest absolute Gasteiger partial charge is 0.433 e. The summed E-state index contributed by atoms with van der Waals surface area (Å²) >= 11 is 0. The lowest BCUT2D eigenvalue weighted by atomic mass is 9.77. The molecule has 2 heterocycles. The summed E-state index contributed by atoms with van der Waals surface area (Å²) in [4.78, 5) is 17.1. The van der Waals surface area contributed by atoms with Gasteiger partial charge in [-0.1, -0.05) is 6.07 Å². The number of alkyl halides is 3. The summed E-state index contributed by atoms with van der Waals surface area (Å²) in [5.74, 6) is 0.889. The number of methoxy groups -OCH3 is 1. The Labute approximate surface area is 144 Å². The summed E-state index contributed by atoms with van der Waals surface area (Å²) in [6, 6.07) is 3.94. The molecule has 1 saturated heterocycles. The lowest BCUT2D eigenvalue weighted by Gasteiger charge is -2.37. The van der Waals surface area contributed by atoms with Gasteiger partial charge in [-0.25, -0.2) is 4.98 Å². The highest BCUT2D eigenvalue weighted by atomic mass is 19.4. The predicted octanol–water partition coefficient (Wildman–Crippen LogP) is 2.47. The Balaban J connectivity index is 1.74. The molecule has 2 fully saturated rings. The van der Waals surface area contributed by atoms with E-state index in [9.17, 15) is 18.0 Å². The van der Waals surface area contributed by atoms with Crippen LogP contribution in [-0.4, -0.2) is 43.2 Å². The number of pyridine rings is 1. The zero-order valence-corrected chi connectivity index (χ0v) is 14.2. The highest BCUT2D eigenvalue weighted by Crippen LogP contribution is 2.39. The second-order valence-electron chi connectivity index (χ2n) is 6.86. The van der Waals surface area contributed by atoms with Gasteiger partial charge in [0.15, 0.2) is 0 Å². The van der Waals surface area contributed by atoms with Gasteiger partial charge in [0.1, 0.15) is 11.5 Å². The van der Waals surface area contributed by atoms with Crippen molar-refractivity contribution in [3.8, 4) is 0 Å². The van der Waals surface area contributed by atoms with E-state index in [4.69, 9.17) is 4.74 Å². The molecule has 3 rings (SSSR count). The molecule has 0 spiro atoms. The van der Waals surface area contributed by atoms with Crippen molar-refractivity contribution >= 4 is 11.7 Å². The van der Waals surface area contributed by atoms with Gasteiger partial charge < -0.3 is 15.0 Å². The van der Waals surface area contributed by atoms with Crippen molar-refractivity contribution in [2.24, 2.45) is 11.8 Å². The molecule has 1 saturated carbocycles. The van der Waals surface area contributed by atoms with Crippen molar-refractivity contribution in [3.63, 3.8) is 0 Å². The van der Waals surface area contributed by atoms with E-state index in [1.165, 1.54) is 13.0 Å². The highest BCUT2D eigenvalue weighted by Gasteiger charge is 2.43. The van der Waals surface area contributed by atoms with Gasteiger partial charge in [-0.3, -0.25) is 4.79 Å². The van der Waals surface area contributed by atoms with Gasteiger partial charge in [0, 0.05) is 27.1 Å². The number of hydrogen-bond donors (Lipinski definition) is 1. The number of anilines is 1. The summed E-state index contributed by atoms with van der Waals surface area (Å²) in [7, 11) is 1.63. The summed E-state index contributed by atoms with van der Waals surface area (Å²) in [6.07, 6.45) is -2.97. The highest BCUT2D eigenvalue weighted by molar-refractivity contribution is 5.73. The first-order chi connectivity index (χ1) is 11.8. The van der Waals surface area contributed by atoms with Gasteiger partial charge in [0.25, 0.3) is 0 Å². The number of nitrogens with zero attached hydrogens (tertiary/aromatic N) is 2. The first-order valence-corrected chi connectivity index (χ1v) is 8.37. The van der Waals surface area contributed by atoms with Crippen LogP contribution in [0.5, 0.6) is 0 Å². The fraction of sp³-hybridized carbons (Fsp3) is 0.647. The molecular weight excluding hydrogens is 335 g/mol. The zero-order valence-electron chi connectivity index (χ0n) is 14.2. The maximum absolute atomic E-state index is 12.9. The Morgan fingerprint density at radius 2 is 1.96 bits per heavy atom. The number of hydrogen-bond acceptors (Lipinski definition) is 4. The van der Waals surface area contributed by atoms with Crippen LogP contribution in [0.4, 0.5) is 19.0 Å². The lowest BCUT2D eigenvalue weighted by molar-refractivity contribution is -0.141. The van der Waals surface area contributed by atoms with Crippen molar-refractivity contribution in [1.82, 2.24) is 10.3 Å². The fourth-order valence-corrected chi connectivity index (χ4v) is 4.03. The standard InChI is InChI=1S/C17H22F3N3O2/c1-10(24)21-13-6-11-8-23(9-12(11)7-14(13)25-2)16-5-3-4-15(22-16)17(18,19)20/h3-5,11-14H,6-9H2,1-2H3,(H,21,24)/t11-,12+,13-,14-/m1/s1. The minimum Gasteiger partial charge on any atom is -0.379 e. The number of halogens is 3. The van der Waals surface area contributed by atoms with Gasteiger partial charge in [-0.05, 0) is 36.8 Å². The van der Waals surface area contributed by atoms with E-state index in [-0.39, 0.29) is 18.1 Å². The minimum absolute atomic E-state index is 0.0573. The smallest absolute Gasteiger partial charge is 0.379 e. The molecule has 1 aliphatic carbocycles. The number of fused-ring (bicyclic) bond motifs is 1. The second-order valence-corrected chi connectivity index (χ2v) is 6.86. The number of aromatic nitrogens is 1. The SMILES string of the molecule is CO[C@@H]1C[C@H]2CN(c3cccc(C(F)(F)F)n3)C[C@H]2C[C@H]1NC(C)=O. The van der Waals surface area contributed by atoms with Crippen LogP contribution in [0.1, 0.15) is 25.5 Å². The second kappa shape index (κ2) is 6.82. The van der Waals surface area contributed by atoms with Gasteiger partial charge in [0.05, 0.1) is 12.1 Å². The van der Waals surface area contributed by atoms with E-state index in [0.29, 0.717) is 30.7 Å². The van der Waals surface area contributed by atoms with Crippen molar-refractivity contribution < 1.29 is 22.7 Å². The Hall–Kier alpha value is -1.83. The van der Waals surface area contributed by atoms with E-state index in [0.717, 1.165) is 18.9 Å². The maximum atomic E-state index is 12.9. The molecule has 138 valence electrons. The molecule has 2 aliphatic rings. The molecule has 8 heteroatoms. The Bertz CT molecular complexity index is 638. The van der Waals surface area contributed by atoms with Crippen LogP contribution in [0.25, 0.3) is 0 Å². The normalized spacial score (nSPS) is 29.4. The Morgan fingerprint density at radius 1 is 1.28 bits per heavy atom. The molecule has 4 atom stereocenters. The van der Waals surface area contributed by atoms with Crippen LogP contribution in [0.15, 0.2) is 18.2 Å². The van der Waals surface area contributed by atoms with Gasteiger partial charge >= 0.3 is 6.18 Å². The number of carbonyl (C=O) groups excluding carboxylic acids is 1. The predicted molar refractivity (Wildman–Crippen MR) is 86.1 cm³/mol. The molecule has 0 radical (unpaired) electrons. The van der Waals surface area contributed by atoms with Gasteiger partial charge in [-0.2, -0.15) is 13.2 Å². The summed E-state index contributed by atoms with van der Waals surface area (Å²) in [5, 5.41) is 2.93. The van der Waals surface area contributed by atoms with E-state index < -0.39 is 11.9 Å². The van der Waals surface area contributed by atoms with Crippen molar-refractivity contribution in [3.05, 3.63) is 23.9 Å². The fourth-order valence-electron chi connectivity index (χ4n) is 4.03. The summed E-state index contributed by atoms with van der Waals surface area (Å²) < 4.78 is 44.2. The zero-order chi connectivity index (χ0) is 18.2. The Kier molecular flexibility index (Phi) is 4.90. The average Bonchev–Trinajstić information content (AvgIpc) is 2.95. The first kappa shape index (κ1) is 18.0. The topological polar surface area (TPSA) is 54.5 Å². The number of nitrogens with one attached hydrogen (secondary N) is 1. The maximum Gasteiger partial charge on any atom is 0.433 e. The molecule has 0 aromatic carbocycles. The van der Waals surface area contributed by atoms with Crippen LogP contribution in [0, 0.1) is 11.8 Å². The number of ether oxygens (including phenoxy) is 1. The quantitative estimate of drug-likeness (QED) is 0.903. The van der Waals surface area contributed by atoms with Crippen LogP contribution < -0.4 is 10.2 Å². The van der Waals surface area contributed by atoms with Crippen LogP contribution in [0.2, 0.25) is 0 Å². The Morgan fingerprint density at radius 3 is 2.56 bits per heavy atom. The van der Waals surface area contributed by atoms with Crippen LogP contribution in [-0.2, 0) is 15.7 Å². The molecule has 1 aromatic rings. The van der Waals surface area contributed by atoms with E-state index >= 15 is 0 Å². The number of carbonyl (C=O) groups is 1. The van der Waals surface area contributed by atoms with Crippen molar-refractivity contribution in [2.75, 3.05) is 25.1 Å². The van der Waals surface area contributed by atoms with Crippen LogP contribution >= 0.6 is 0 Å². The number of rotatable bonds is 3. The molecule has 0 unspecified atom stereocenters. The summed E-state index contributed by atoms with van der Waals surface area (Å²) in [6.45, 7) is 2.78. The molecule has 1 N–H and O–H groups in total. The van der Waals surface area contributed by atoms with E-state index in [2.05, 4.69) is 10.3 Å². The monoisotopic (exact) mass is 357 g/mol. The van der Waals surface area contributed by atoms with Gasteiger partial charge in [0.2, 0.25) is 5.91 Å². The third-order valence-electron chi connectivity index (χ3n) is 5.16. The molecule has 1 aromatic heterocycles. The van der Waals surface area contributed by atoms with E-state index in [1.54, 1.807) is 13.2 Å². The average molecular weight is 357 g/mol. The summed E-state index contributed by atoms with van der Waals surface area (Å²) in [5.41, 5.74) is -0.870. The molecule has 1 aliphatic heterocycles. The van der Waals surface area contributed by atoms with E-state index in [1.807, 2.05) is 4.90 Å². The third kappa shape index (κ3) is 3.89. The minimum atomic E-state index is -4.44. The van der Waals surface area contributed by atoms with Crippen LogP contribution in [0.3, 0.4) is 0 Å². The van der Waals surface area contributed by atoms with Crippen molar-refractivity contribution in [1.29, 1.82) is 0 Å². The molecule has 5 nitrogen and oxygen atoms in total. The molecule has 0 bridgehead atoms. The molecular formula is C17H22F3N3O2. The number of amides is 1. The van der Waals surface area contributed by atoms with Gasteiger partial charge in [-0.15, -0.1) is 0 Å². The van der Waals surface area contributed by atoms with Crippen molar-refractivity contribution in [2.45, 2.75) is 38.1 Å². The molecule has 1 amide bonds. The third-order valence-corrected chi connectivity index (χ3v) is 5.16. The molecule has 25 heavy (non-hydrogen) atoms.